The Balaban J connectivity index is 2.45. The summed E-state index contributed by atoms with van der Waals surface area (Å²) in [4.78, 5) is 45.9. The zero-order valence-electron chi connectivity index (χ0n) is 21.1. The lowest BCUT2D eigenvalue weighted by Gasteiger charge is -2.29. The Morgan fingerprint density at radius 1 is 0.778 bits per heavy atom. The van der Waals surface area contributed by atoms with Gasteiger partial charge in [-0.3, -0.25) is 19.2 Å². The van der Waals surface area contributed by atoms with Crippen LogP contribution in [0.1, 0.15) is 58.2 Å². The predicted molar refractivity (Wildman–Crippen MR) is 131 cm³/mol. The van der Waals surface area contributed by atoms with Crippen LogP contribution in [0.3, 0.4) is 0 Å². The minimum absolute atomic E-state index is 0.0892. The third-order valence-electron chi connectivity index (χ3n) is 4.73. The molecule has 36 heavy (non-hydrogen) atoms. The topological polar surface area (TPSA) is 125 Å². The number of aliphatic hydroxyl groups is 1. The average Bonchev–Trinajstić information content (AvgIpc) is 2.71. The molecule has 2 aromatic rings. The van der Waals surface area contributed by atoms with Crippen molar-refractivity contribution in [2.45, 2.75) is 59.7 Å². The van der Waals surface area contributed by atoms with Crippen LogP contribution in [0.2, 0.25) is 0 Å². The van der Waals surface area contributed by atoms with Crippen molar-refractivity contribution in [3.05, 3.63) is 53.1 Å². The summed E-state index contributed by atoms with van der Waals surface area (Å²) >= 11 is 0. The number of hydrogen-bond donors (Lipinski definition) is 1. The first-order chi connectivity index (χ1) is 16.7. The van der Waals surface area contributed by atoms with Gasteiger partial charge in [0.25, 0.3) is 0 Å². The van der Waals surface area contributed by atoms with Crippen LogP contribution in [0.5, 0.6) is 17.2 Å². The van der Waals surface area contributed by atoms with E-state index in [4.69, 9.17) is 18.9 Å². The molecule has 0 aliphatic rings. The van der Waals surface area contributed by atoms with Crippen molar-refractivity contribution in [3.63, 3.8) is 0 Å². The van der Waals surface area contributed by atoms with Gasteiger partial charge in [0.2, 0.25) is 0 Å². The monoisotopic (exact) mass is 498 g/mol. The Hall–Kier alpha value is -3.98. The molecular weight excluding hydrogens is 468 g/mol. The van der Waals surface area contributed by atoms with Crippen molar-refractivity contribution in [2.75, 3.05) is 0 Å². The summed E-state index contributed by atoms with van der Waals surface area (Å²) in [7, 11) is 0. The van der Waals surface area contributed by atoms with Gasteiger partial charge in [0.15, 0.2) is 0 Å². The Morgan fingerprint density at radius 3 is 1.78 bits per heavy atom. The van der Waals surface area contributed by atoms with Crippen LogP contribution in [0.15, 0.2) is 36.4 Å². The summed E-state index contributed by atoms with van der Waals surface area (Å²) in [5.41, 5.74) is 0.472. The highest BCUT2D eigenvalue weighted by atomic mass is 16.6. The minimum Gasteiger partial charge on any atom is -0.459 e. The molecule has 9 nitrogen and oxygen atoms in total. The second kappa shape index (κ2) is 12.1. The summed E-state index contributed by atoms with van der Waals surface area (Å²) in [6.45, 7) is 8.08. The lowest BCUT2D eigenvalue weighted by Crippen LogP contribution is -2.41. The van der Waals surface area contributed by atoms with Gasteiger partial charge in [-0.1, -0.05) is 18.2 Å². The normalized spacial score (nSPS) is 12.1. The fraction of sp³-hybridized carbons (Fsp3) is 0.333. The van der Waals surface area contributed by atoms with Crippen LogP contribution in [-0.2, 0) is 30.3 Å². The summed E-state index contributed by atoms with van der Waals surface area (Å²) < 4.78 is 20.9. The van der Waals surface area contributed by atoms with Gasteiger partial charge in [-0.15, -0.1) is 0 Å². The summed E-state index contributed by atoms with van der Waals surface area (Å²) in [5.74, 6) is -1.43. The third-order valence-corrected chi connectivity index (χ3v) is 4.73. The van der Waals surface area contributed by atoms with Crippen LogP contribution >= 0.6 is 0 Å². The van der Waals surface area contributed by atoms with Crippen LogP contribution in [0, 0.1) is 0 Å². The molecule has 2 rings (SSSR count). The first-order valence-corrected chi connectivity index (χ1v) is 11.1. The summed E-state index contributed by atoms with van der Waals surface area (Å²) in [6, 6.07) is 9.68. The van der Waals surface area contributed by atoms with Gasteiger partial charge < -0.3 is 24.1 Å². The molecule has 0 radical (unpaired) electrons. The molecule has 1 N–H and O–H groups in total. The Labute approximate surface area is 209 Å². The minimum atomic E-state index is -1.35. The lowest BCUT2D eigenvalue weighted by atomic mass is 9.93. The molecule has 0 saturated heterocycles. The van der Waals surface area contributed by atoms with Crippen LogP contribution in [0.4, 0.5) is 0 Å². The molecular formula is C27H30O9. The molecule has 192 valence electrons. The maximum Gasteiger partial charge on any atom is 0.308 e. The smallest absolute Gasteiger partial charge is 0.308 e. The summed E-state index contributed by atoms with van der Waals surface area (Å²) in [5, 5.41) is 10.5. The Morgan fingerprint density at radius 2 is 1.31 bits per heavy atom. The van der Waals surface area contributed by atoms with Crippen molar-refractivity contribution in [3.8, 4) is 17.2 Å². The average molecular weight is 499 g/mol. The van der Waals surface area contributed by atoms with Crippen molar-refractivity contribution in [1.29, 1.82) is 0 Å². The maximum absolute atomic E-state index is 11.6. The van der Waals surface area contributed by atoms with E-state index in [1.807, 2.05) is 0 Å². The molecule has 9 heteroatoms. The quantitative estimate of drug-likeness (QED) is 0.311. The fourth-order valence-electron chi connectivity index (χ4n) is 3.28. The van der Waals surface area contributed by atoms with E-state index in [9.17, 15) is 24.3 Å². The number of ether oxygens (including phenoxy) is 4. The molecule has 0 spiro atoms. The zero-order chi connectivity index (χ0) is 27.0. The van der Waals surface area contributed by atoms with Gasteiger partial charge in [0.1, 0.15) is 23.4 Å². The van der Waals surface area contributed by atoms with E-state index in [1.165, 1.54) is 47.6 Å². The largest absolute Gasteiger partial charge is 0.459 e. The molecule has 0 fully saturated rings. The standard InChI is InChI=1S/C27H30O9/c1-16(28)33-23-12-21(13-24(15-23)34-17(2)29)8-7-20-9-10-25(35-18(3)30)22(11-20)14-26(27(5,6)32)36-19(4)31/h7-13,15,26,32H,14H2,1-6H3/b8-7+. The summed E-state index contributed by atoms with van der Waals surface area (Å²) in [6.07, 6.45) is 2.65. The number of carbonyl (C=O) groups excluding carboxylic acids is 4. The molecule has 1 atom stereocenters. The third kappa shape index (κ3) is 9.34. The first-order valence-electron chi connectivity index (χ1n) is 11.1. The highest BCUT2D eigenvalue weighted by molar-refractivity contribution is 5.76. The van der Waals surface area contributed by atoms with E-state index in [1.54, 1.807) is 42.5 Å². The van der Waals surface area contributed by atoms with Crippen molar-refractivity contribution in [1.82, 2.24) is 0 Å². The van der Waals surface area contributed by atoms with Crippen molar-refractivity contribution in [2.24, 2.45) is 0 Å². The van der Waals surface area contributed by atoms with Gasteiger partial charge in [-0.05, 0) is 54.8 Å². The number of benzene rings is 2. The van der Waals surface area contributed by atoms with E-state index < -0.39 is 35.6 Å². The van der Waals surface area contributed by atoms with E-state index in [0.717, 1.165) is 0 Å². The fourth-order valence-corrected chi connectivity index (χ4v) is 3.28. The Bertz CT molecular complexity index is 1140. The van der Waals surface area contributed by atoms with Gasteiger partial charge in [-0.25, -0.2) is 0 Å². The van der Waals surface area contributed by atoms with Gasteiger partial charge in [0, 0.05) is 40.2 Å². The first kappa shape index (κ1) is 28.3. The second-order valence-electron chi connectivity index (χ2n) is 8.68. The van der Waals surface area contributed by atoms with Gasteiger partial charge >= 0.3 is 23.9 Å². The highest BCUT2D eigenvalue weighted by Gasteiger charge is 2.31. The molecule has 0 amide bonds. The number of carbonyl (C=O) groups is 4. The molecule has 0 saturated carbocycles. The van der Waals surface area contributed by atoms with Crippen molar-refractivity contribution < 1.29 is 43.2 Å². The molecule has 0 aliphatic carbocycles. The van der Waals surface area contributed by atoms with Crippen LogP contribution < -0.4 is 14.2 Å². The molecule has 0 heterocycles. The lowest BCUT2D eigenvalue weighted by molar-refractivity contribution is -0.159. The molecule has 0 aromatic heterocycles. The second-order valence-corrected chi connectivity index (χ2v) is 8.68. The zero-order valence-corrected chi connectivity index (χ0v) is 21.1. The van der Waals surface area contributed by atoms with Crippen molar-refractivity contribution >= 4 is 36.0 Å². The Kier molecular flexibility index (Phi) is 9.52. The molecule has 0 aliphatic heterocycles. The highest BCUT2D eigenvalue weighted by Crippen LogP contribution is 2.28. The van der Waals surface area contributed by atoms with E-state index in [0.29, 0.717) is 16.7 Å². The van der Waals surface area contributed by atoms with E-state index >= 15 is 0 Å². The molecule has 0 bridgehead atoms. The van der Waals surface area contributed by atoms with Crippen LogP contribution in [-0.4, -0.2) is 40.7 Å². The molecule has 1 unspecified atom stereocenters. The van der Waals surface area contributed by atoms with Gasteiger partial charge in [0.05, 0.1) is 5.60 Å². The maximum atomic E-state index is 11.6. The van der Waals surface area contributed by atoms with E-state index in [2.05, 4.69) is 0 Å². The molecule has 2 aromatic carbocycles. The predicted octanol–water partition coefficient (Wildman–Crippen LogP) is 3.88. The SMILES string of the molecule is CC(=O)Oc1cc(/C=C/c2ccc(OC(C)=O)c(CC(OC(C)=O)C(C)(C)O)c2)cc(OC(C)=O)c1. The van der Waals surface area contributed by atoms with Gasteiger partial charge in [-0.2, -0.15) is 0 Å². The number of rotatable bonds is 9. The number of hydrogen-bond acceptors (Lipinski definition) is 9. The van der Waals surface area contributed by atoms with Crippen LogP contribution in [0.25, 0.3) is 12.2 Å². The number of esters is 4. The van der Waals surface area contributed by atoms with E-state index in [-0.39, 0.29) is 23.7 Å².